The van der Waals surface area contributed by atoms with Crippen molar-refractivity contribution >= 4 is 27.5 Å². The van der Waals surface area contributed by atoms with E-state index in [-0.39, 0.29) is 12.3 Å². The van der Waals surface area contributed by atoms with E-state index in [0.29, 0.717) is 12.3 Å². The van der Waals surface area contributed by atoms with Crippen molar-refractivity contribution < 1.29 is 9.53 Å². The number of carbonyl (C=O) groups excluding carboxylic acids is 1. The molecule has 2 aromatic carbocycles. The smallest absolute Gasteiger partial charge is 0.227 e. The molecule has 134 valence electrons. The van der Waals surface area contributed by atoms with Crippen molar-refractivity contribution in [2.75, 3.05) is 11.9 Å². The summed E-state index contributed by atoms with van der Waals surface area (Å²) in [5.41, 5.74) is 3.52. The highest BCUT2D eigenvalue weighted by molar-refractivity contribution is 9.10. The molecule has 3 rings (SSSR count). The maximum absolute atomic E-state index is 12.4. The van der Waals surface area contributed by atoms with Crippen LogP contribution < -0.4 is 10.1 Å². The molecule has 1 N–H and O–H groups in total. The minimum atomic E-state index is -0.129. The summed E-state index contributed by atoms with van der Waals surface area (Å²) in [7, 11) is 0. The largest absolute Gasteiger partial charge is 0.493 e. The normalized spacial score (nSPS) is 10.6. The third-order valence-corrected chi connectivity index (χ3v) is 4.38. The van der Waals surface area contributed by atoms with Crippen LogP contribution in [0.1, 0.15) is 17.5 Å². The first kappa shape index (κ1) is 18.1. The summed E-state index contributed by atoms with van der Waals surface area (Å²) in [4.78, 5) is 16.3. The van der Waals surface area contributed by atoms with E-state index in [2.05, 4.69) is 31.3 Å². The molecule has 6 nitrogen and oxygen atoms in total. The molecule has 1 heterocycles. The fraction of sp³-hybridized carbons (Fsp3) is 0.211. The second kappa shape index (κ2) is 8.14. The molecule has 0 fully saturated rings. The summed E-state index contributed by atoms with van der Waals surface area (Å²) in [6.07, 6.45) is 3.28. The van der Waals surface area contributed by atoms with Crippen LogP contribution in [0.5, 0.6) is 5.75 Å². The predicted molar refractivity (Wildman–Crippen MR) is 104 cm³/mol. The number of ether oxygens (including phenoxy) is 1. The van der Waals surface area contributed by atoms with Crippen molar-refractivity contribution in [3.8, 4) is 11.4 Å². The molecule has 0 aliphatic carbocycles. The lowest BCUT2D eigenvalue weighted by Gasteiger charge is -2.13. The van der Waals surface area contributed by atoms with Crippen LogP contribution in [0.25, 0.3) is 5.69 Å². The minimum absolute atomic E-state index is 0.129. The number of nitrogens with one attached hydrogen (secondary N) is 1. The highest BCUT2D eigenvalue weighted by Gasteiger charge is 2.11. The number of amides is 1. The van der Waals surface area contributed by atoms with Gasteiger partial charge in [-0.1, -0.05) is 34.1 Å². The SMILES string of the molecule is Cc1cccc(C)c1OCCC(=O)Nc1cc(Br)ccc1-n1cncn1. The minimum Gasteiger partial charge on any atom is -0.493 e. The first-order chi connectivity index (χ1) is 12.5. The number of aromatic nitrogens is 3. The Morgan fingerprint density at radius 1 is 1.23 bits per heavy atom. The lowest BCUT2D eigenvalue weighted by molar-refractivity contribution is -0.116. The van der Waals surface area contributed by atoms with Gasteiger partial charge in [-0.15, -0.1) is 0 Å². The van der Waals surface area contributed by atoms with E-state index in [9.17, 15) is 4.79 Å². The van der Waals surface area contributed by atoms with E-state index >= 15 is 0 Å². The standard InChI is InChI=1S/C19H19BrN4O2/c1-13-4-3-5-14(2)19(13)26-9-8-18(25)23-16-10-15(20)6-7-17(16)24-12-21-11-22-24/h3-7,10-12H,8-9H2,1-2H3,(H,23,25). The Balaban J connectivity index is 1.65. The van der Waals surface area contributed by atoms with Gasteiger partial charge in [-0.25, -0.2) is 9.67 Å². The summed E-state index contributed by atoms with van der Waals surface area (Å²) in [6.45, 7) is 4.30. The molecule has 0 atom stereocenters. The molecule has 26 heavy (non-hydrogen) atoms. The molecule has 7 heteroatoms. The van der Waals surface area contributed by atoms with Gasteiger partial charge in [0.1, 0.15) is 18.4 Å². The molecule has 0 spiro atoms. The molecule has 0 unspecified atom stereocenters. The van der Waals surface area contributed by atoms with Crippen LogP contribution in [0.3, 0.4) is 0 Å². The Morgan fingerprint density at radius 3 is 2.69 bits per heavy atom. The molecule has 3 aromatic rings. The second-order valence-corrected chi connectivity index (χ2v) is 6.78. The molecule has 0 saturated heterocycles. The van der Waals surface area contributed by atoms with Crippen LogP contribution in [-0.2, 0) is 4.79 Å². The van der Waals surface area contributed by atoms with Gasteiger partial charge in [0.05, 0.1) is 24.4 Å². The van der Waals surface area contributed by atoms with Gasteiger partial charge >= 0.3 is 0 Å². The monoisotopic (exact) mass is 414 g/mol. The van der Waals surface area contributed by atoms with Crippen molar-refractivity contribution in [1.82, 2.24) is 14.8 Å². The third-order valence-electron chi connectivity index (χ3n) is 3.88. The van der Waals surface area contributed by atoms with E-state index in [1.165, 1.54) is 6.33 Å². The zero-order valence-electron chi connectivity index (χ0n) is 14.6. The van der Waals surface area contributed by atoms with E-state index in [0.717, 1.165) is 27.0 Å². The van der Waals surface area contributed by atoms with Gasteiger partial charge in [-0.3, -0.25) is 4.79 Å². The average Bonchev–Trinajstić information content (AvgIpc) is 3.12. The van der Waals surface area contributed by atoms with Crippen molar-refractivity contribution in [2.45, 2.75) is 20.3 Å². The van der Waals surface area contributed by atoms with Gasteiger partial charge in [-0.2, -0.15) is 5.10 Å². The number of benzene rings is 2. The lowest BCUT2D eigenvalue weighted by Crippen LogP contribution is -2.17. The van der Waals surface area contributed by atoms with Gasteiger partial charge in [0.15, 0.2) is 0 Å². The lowest BCUT2D eigenvalue weighted by atomic mass is 10.1. The first-order valence-electron chi connectivity index (χ1n) is 8.18. The van der Waals surface area contributed by atoms with E-state index in [1.54, 1.807) is 11.0 Å². The Morgan fingerprint density at radius 2 is 2.00 bits per heavy atom. The van der Waals surface area contributed by atoms with Gasteiger partial charge in [-0.05, 0) is 43.2 Å². The number of hydrogen-bond donors (Lipinski definition) is 1. The van der Waals surface area contributed by atoms with Crippen LogP contribution in [-0.4, -0.2) is 27.3 Å². The molecule has 0 aliphatic rings. The van der Waals surface area contributed by atoms with Crippen molar-refractivity contribution in [1.29, 1.82) is 0 Å². The number of rotatable bonds is 6. The van der Waals surface area contributed by atoms with Crippen molar-refractivity contribution in [2.24, 2.45) is 0 Å². The van der Waals surface area contributed by atoms with Crippen LogP contribution in [0.2, 0.25) is 0 Å². The highest BCUT2D eigenvalue weighted by atomic mass is 79.9. The summed E-state index contributed by atoms with van der Waals surface area (Å²) in [6, 6.07) is 11.6. The van der Waals surface area contributed by atoms with Gasteiger partial charge < -0.3 is 10.1 Å². The Labute approximate surface area is 160 Å². The Hall–Kier alpha value is -2.67. The molecular weight excluding hydrogens is 396 g/mol. The number of aryl methyl sites for hydroxylation is 2. The third kappa shape index (κ3) is 4.29. The highest BCUT2D eigenvalue weighted by Crippen LogP contribution is 2.25. The fourth-order valence-corrected chi connectivity index (χ4v) is 2.99. The van der Waals surface area contributed by atoms with Crippen LogP contribution in [0, 0.1) is 13.8 Å². The fourth-order valence-electron chi connectivity index (χ4n) is 2.63. The first-order valence-corrected chi connectivity index (χ1v) is 8.97. The maximum atomic E-state index is 12.4. The Bertz CT molecular complexity index is 890. The number of halogens is 1. The molecule has 1 aromatic heterocycles. The molecule has 0 radical (unpaired) electrons. The van der Waals surface area contributed by atoms with Crippen molar-refractivity contribution in [3.63, 3.8) is 0 Å². The van der Waals surface area contributed by atoms with Gasteiger partial charge in [0.25, 0.3) is 0 Å². The second-order valence-electron chi connectivity index (χ2n) is 5.87. The number of para-hydroxylation sites is 1. The quantitative estimate of drug-likeness (QED) is 0.660. The van der Waals surface area contributed by atoms with E-state index in [1.807, 2.05) is 50.2 Å². The van der Waals surface area contributed by atoms with Crippen LogP contribution in [0.4, 0.5) is 5.69 Å². The Kier molecular flexibility index (Phi) is 5.68. The summed E-state index contributed by atoms with van der Waals surface area (Å²) in [5, 5.41) is 7.04. The molecule has 0 bridgehead atoms. The number of anilines is 1. The summed E-state index contributed by atoms with van der Waals surface area (Å²) < 4.78 is 8.28. The molecular formula is C19H19BrN4O2. The van der Waals surface area contributed by atoms with Gasteiger partial charge in [0, 0.05) is 4.47 Å². The topological polar surface area (TPSA) is 69.0 Å². The molecule has 0 saturated carbocycles. The van der Waals surface area contributed by atoms with E-state index < -0.39 is 0 Å². The average molecular weight is 415 g/mol. The molecule has 0 aliphatic heterocycles. The number of hydrogen-bond acceptors (Lipinski definition) is 4. The number of nitrogens with zero attached hydrogens (tertiary/aromatic N) is 3. The van der Waals surface area contributed by atoms with Gasteiger partial charge in [0.2, 0.25) is 5.91 Å². The van der Waals surface area contributed by atoms with Crippen LogP contribution in [0.15, 0.2) is 53.5 Å². The predicted octanol–water partition coefficient (Wildman–Crippen LogP) is 4.05. The zero-order valence-corrected chi connectivity index (χ0v) is 16.2. The number of carbonyl (C=O) groups is 1. The molecule has 1 amide bonds. The van der Waals surface area contributed by atoms with Crippen LogP contribution >= 0.6 is 15.9 Å². The summed E-state index contributed by atoms with van der Waals surface area (Å²) >= 11 is 3.43. The maximum Gasteiger partial charge on any atom is 0.227 e. The van der Waals surface area contributed by atoms with E-state index in [4.69, 9.17) is 4.74 Å². The summed E-state index contributed by atoms with van der Waals surface area (Å²) in [5.74, 6) is 0.710. The zero-order chi connectivity index (χ0) is 18.5. The van der Waals surface area contributed by atoms with Crippen molar-refractivity contribution in [3.05, 3.63) is 64.7 Å².